The van der Waals surface area contributed by atoms with Gasteiger partial charge in [-0.1, -0.05) is 0 Å². The molecule has 5 heavy (non-hydrogen) atoms. The predicted molar refractivity (Wildman–Crippen MR) is 23.4 cm³/mol. The van der Waals surface area contributed by atoms with Gasteiger partial charge in [-0.25, -0.2) is 0 Å². The van der Waals surface area contributed by atoms with Gasteiger partial charge in [-0.2, -0.15) is 0 Å². The second-order valence-corrected chi connectivity index (χ2v) is 25.8. The zero-order valence-corrected chi connectivity index (χ0v) is 7.88. The summed E-state index contributed by atoms with van der Waals surface area (Å²) in [5.74, 6) is 0. The summed E-state index contributed by atoms with van der Waals surface area (Å²) in [5, 5.41) is 0. The summed E-state index contributed by atoms with van der Waals surface area (Å²) in [7, 11) is 20.1. The molecule has 0 aromatic rings. The maximum absolute atomic E-state index is 5.03. The first-order valence-electron chi connectivity index (χ1n) is 0.617. The second-order valence-electron chi connectivity index (χ2n) is 0.350. The Morgan fingerprint density at radius 1 is 0.800 bits per heavy atom. The summed E-state index contributed by atoms with van der Waals surface area (Å²) in [6, 6.07) is 0. The zero-order valence-electron chi connectivity index (χ0n) is 1.92. The fraction of sp³-hybridized carbons (Fsp3) is 0. The molecule has 0 atom stereocenters. The Balaban J connectivity index is 3.02. The third kappa shape index (κ3) is 25.4. The average molecular weight is 326 g/mol. The molecule has 0 aliphatic heterocycles. The molecule has 0 amide bonds. The summed E-state index contributed by atoms with van der Waals surface area (Å²) in [6.45, 7) is 0. The van der Waals surface area contributed by atoms with Crippen LogP contribution in [-0.4, -0.2) is 0 Å². The van der Waals surface area contributed by atoms with E-state index in [-0.39, 0.29) is 0 Å². The fourth-order valence-corrected chi connectivity index (χ4v) is 0. The maximum atomic E-state index is 5.03. The van der Waals surface area contributed by atoms with Crippen molar-refractivity contribution in [2.75, 3.05) is 0 Å². The SMILES string of the molecule is [Cl][W+2]([Cl])([Cl])[Cl]. The van der Waals surface area contributed by atoms with Crippen molar-refractivity contribution in [1.82, 2.24) is 0 Å². The molecular formula is Cl4W+2. The van der Waals surface area contributed by atoms with E-state index in [2.05, 4.69) is 0 Å². The molecular weight excluding hydrogens is 326 g/mol. The fourth-order valence-electron chi connectivity index (χ4n) is 0. The van der Waals surface area contributed by atoms with Crippen LogP contribution in [0.25, 0.3) is 0 Å². The third-order valence-electron chi connectivity index (χ3n) is 0. The van der Waals surface area contributed by atoms with Crippen molar-refractivity contribution < 1.29 is 11.9 Å². The van der Waals surface area contributed by atoms with Crippen LogP contribution in [0.4, 0.5) is 0 Å². The van der Waals surface area contributed by atoms with Gasteiger partial charge in [-0.15, -0.1) is 0 Å². The summed E-state index contributed by atoms with van der Waals surface area (Å²) < 4.78 is 0. The molecule has 0 unspecified atom stereocenters. The summed E-state index contributed by atoms with van der Waals surface area (Å²) >= 11 is -3.28. The molecule has 0 saturated heterocycles. The van der Waals surface area contributed by atoms with Gasteiger partial charge in [0.05, 0.1) is 0 Å². The van der Waals surface area contributed by atoms with E-state index in [4.69, 9.17) is 37.7 Å². The monoisotopic (exact) mass is 324 g/mol. The molecule has 0 spiro atoms. The first-order chi connectivity index (χ1) is 2.00. The summed E-state index contributed by atoms with van der Waals surface area (Å²) in [4.78, 5) is 0. The first kappa shape index (κ1) is 6.85. The van der Waals surface area contributed by atoms with E-state index in [1.165, 1.54) is 0 Å². The Kier molecular flexibility index (Phi) is 3.06. The van der Waals surface area contributed by atoms with Crippen LogP contribution in [0.3, 0.4) is 0 Å². The standard InChI is InChI=1S/4ClH.W/h4*1H;/q;;;;+6/p-4. The van der Waals surface area contributed by atoms with Gasteiger partial charge in [-0.3, -0.25) is 0 Å². The van der Waals surface area contributed by atoms with Crippen molar-refractivity contribution in [3.63, 3.8) is 0 Å². The van der Waals surface area contributed by atoms with Gasteiger partial charge in [-0.05, 0) is 0 Å². The number of halogens is 4. The predicted octanol–water partition coefficient (Wildman–Crippen LogP) is 2.76. The average Bonchev–Trinajstić information content (AvgIpc) is 0.722. The minimum atomic E-state index is -3.28. The van der Waals surface area contributed by atoms with E-state index in [0.29, 0.717) is 0 Å². The van der Waals surface area contributed by atoms with Gasteiger partial charge in [0.25, 0.3) is 0 Å². The number of hydrogen-bond donors (Lipinski definition) is 0. The molecule has 0 radical (unpaired) electrons. The van der Waals surface area contributed by atoms with Gasteiger partial charge in [0.15, 0.2) is 0 Å². The van der Waals surface area contributed by atoms with E-state index in [0.717, 1.165) is 0 Å². The Labute approximate surface area is 49.2 Å². The molecule has 0 aliphatic rings. The Hall–Kier alpha value is 1.85. The quantitative estimate of drug-likeness (QED) is 0.642. The molecule has 0 bridgehead atoms. The molecule has 0 aromatic heterocycles. The van der Waals surface area contributed by atoms with E-state index >= 15 is 0 Å². The van der Waals surface area contributed by atoms with Crippen LogP contribution >= 0.6 is 37.7 Å². The molecule has 0 N–H and O–H groups in total. The van der Waals surface area contributed by atoms with Crippen LogP contribution in [-0.2, 0) is 11.9 Å². The molecule has 5 heteroatoms. The van der Waals surface area contributed by atoms with Crippen molar-refractivity contribution in [2.45, 2.75) is 0 Å². The van der Waals surface area contributed by atoms with Gasteiger partial charge in [0.1, 0.15) is 0 Å². The van der Waals surface area contributed by atoms with Gasteiger partial charge in [0.2, 0.25) is 0 Å². The molecule has 0 aromatic carbocycles. The van der Waals surface area contributed by atoms with Gasteiger partial charge < -0.3 is 0 Å². The van der Waals surface area contributed by atoms with E-state index in [1.54, 1.807) is 0 Å². The Morgan fingerprint density at radius 2 is 0.800 bits per heavy atom. The molecule has 0 heterocycles. The molecule has 0 saturated carbocycles. The number of hydrogen-bond acceptors (Lipinski definition) is 0. The molecule has 0 aliphatic carbocycles. The van der Waals surface area contributed by atoms with E-state index < -0.39 is 11.9 Å². The van der Waals surface area contributed by atoms with Crippen molar-refractivity contribution in [3.05, 3.63) is 0 Å². The van der Waals surface area contributed by atoms with Crippen LogP contribution in [0, 0.1) is 0 Å². The first-order valence-corrected chi connectivity index (χ1v) is 15.2. The summed E-state index contributed by atoms with van der Waals surface area (Å²) in [5.41, 5.74) is 0. The third-order valence-corrected chi connectivity index (χ3v) is 0. The topological polar surface area (TPSA) is 0 Å². The number of rotatable bonds is 0. The van der Waals surface area contributed by atoms with Crippen molar-refractivity contribution in [3.8, 4) is 0 Å². The Morgan fingerprint density at radius 3 is 0.800 bits per heavy atom. The van der Waals surface area contributed by atoms with Crippen LogP contribution in [0.15, 0.2) is 0 Å². The van der Waals surface area contributed by atoms with E-state index in [1.807, 2.05) is 0 Å². The van der Waals surface area contributed by atoms with Gasteiger partial charge >= 0.3 is 49.6 Å². The van der Waals surface area contributed by atoms with Crippen molar-refractivity contribution in [2.24, 2.45) is 0 Å². The molecule has 0 rings (SSSR count). The van der Waals surface area contributed by atoms with Crippen LogP contribution < -0.4 is 0 Å². The zero-order chi connectivity index (χ0) is 4.50. The van der Waals surface area contributed by atoms with Crippen LogP contribution in [0.5, 0.6) is 0 Å². The van der Waals surface area contributed by atoms with Crippen LogP contribution in [0.1, 0.15) is 0 Å². The van der Waals surface area contributed by atoms with Crippen LogP contribution in [0.2, 0.25) is 0 Å². The Bertz CT molecular complexity index is 19.1. The minimum absolute atomic E-state index is 3.28. The molecule has 0 nitrogen and oxygen atoms in total. The summed E-state index contributed by atoms with van der Waals surface area (Å²) in [6.07, 6.45) is 0. The van der Waals surface area contributed by atoms with Crippen molar-refractivity contribution in [1.29, 1.82) is 0 Å². The normalized spacial score (nSPS) is 12.0. The molecule has 32 valence electrons. The van der Waals surface area contributed by atoms with Gasteiger partial charge in [0, 0.05) is 0 Å². The molecule has 0 fully saturated rings. The second kappa shape index (κ2) is 2.23. The van der Waals surface area contributed by atoms with E-state index in [9.17, 15) is 0 Å². The van der Waals surface area contributed by atoms with Crippen molar-refractivity contribution >= 4 is 37.7 Å².